The maximum atomic E-state index is 13.3. The second-order valence-corrected chi connectivity index (χ2v) is 5.44. The lowest BCUT2D eigenvalue weighted by molar-refractivity contribution is -0.137. The highest BCUT2D eigenvalue weighted by Crippen LogP contribution is 2.29. The first kappa shape index (κ1) is 17.4. The van der Waals surface area contributed by atoms with Gasteiger partial charge in [0.2, 0.25) is 34.8 Å². The quantitative estimate of drug-likeness (QED) is 0.306. The third-order valence-electron chi connectivity index (χ3n) is 2.38. The van der Waals surface area contributed by atoms with E-state index >= 15 is 0 Å². The van der Waals surface area contributed by atoms with Crippen LogP contribution in [0.1, 0.15) is 27.7 Å². The highest BCUT2D eigenvalue weighted by molar-refractivity contribution is 5.78. The van der Waals surface area contributed by atoms with E-state index in [1.165, 1.54) is 6.92 Å². The molecule has 0 radical (unpaired) electrons. The van der Waals surface area contributed by atoms with Crippen molar-refractivity contribution < 1.29 is 31.5 Å². The molecular weight excluding hydrogens is 297 g/mol. The first-order valence-electron chi connectivity index (χ1n) is 5.96. The van der Waals surface area contributed by atoms with Crippen LogP contribution in [0.4, 0.5) is 22.0 Å². The van der Waals surface area contributed by atoms with E-state index in [9.17, 15) is 26.7 Å². The van der Waals surface area contributed by atoms with Crippen LogP contribution >= 0.6 is 0 Å². The number of carbonyl (C=O) groups excluding carboxylic acids is 1. The van der Waals surface area contributed by atoms with Gasteiger partial charge in [0, 0.05) is 5.54 Å². The van der Waals surface area contributed by atoms with Crippen molar-refractivity contribution in [2.45, 2.75) is 39.3 Å². The summed E-state index contributed by atoms with van der Waals surface area (Å²) in [6, 6.07) is -1.01. The van der Waals surface area contributed by atoms with E-state index in [0.29, 0.717) is 0 Å². The van der Waals surface area contributed by atoms with Gasteiger partial charge in [0.1, 0.15) is 6.04 Å². The number of ether oxygens (including phenoxy) is 1. The molecule has 118 valence electrons. The highest BCUT2D eigenvalue weighted by atomic mass is 19.2. The van der Waals surface area contributed by atoms with Crippen molar-refractivity contribution in [3.63, 3.8) is 0 Å². The number of rotatable bonds is 3. The van der Waals surface area contributed by atoms with Crippen LogP contribution in [0.3, 0.4) is 0 Å². The van der Waals surface area contributed by atoms with Gasteiger partial charge < -0.3 is 4.74 Å². The Morgan fingerprint density at radius 2 is 1.33 bits per heavy atom. The van der Waals surface area contributed by atoms with Crippen molar-refractivity contribution in [1.82, 2.24) is 5.32 Å². The zero-order chi connectivity index (χ0) is 16.5. The number of benzene rings is 1. The van der Waals surface area contributed by atoms with Gasteiger partial charge in [0.05, 0.1) is 0 Å². The molecule has 0 unspecified atom stereocenters. The van der Waals surface area contributed by atoms with E-state index in [1.807, 2.05) is 0 Å². The Kier molecular flexibility index (Phi) is 4.93. The lowest BCUT2D eigenvalue weighted by atomic mass is 10.1. The van der Waals surface area contributed by atoms with Crippen LogP contribution in [0.15, 0.2) is 0 Å². The number of esters is 1. The predicted octanol–water partition coefficient (Wildman–Crippen LogP) is 3.06. The predicted molar refractivity (Wildman–Crippen MR) is 64.2 cm³/mol. The Balaban J connectivity index is 3.07. The average molecular weight is 311 g/mol. The first-order valence-corrected chi connectivity index (χ1v) is 5.96. The van der Waals surface area contributed by atoms with Crippen molar-refractivity contribution in [2.24, 2.45) is 0 Å². The Hall–Kier alpha value is -1.70. The number of nitrogens with one attached hydrogen (secondary N) is 1. The number of halogens is 5. The first-order chi connectivity index (χ1) is 9.45. The summed E-state index contributed by atoms with van der Waals surface area (Å²) >= 11 is 0. The van der Waals surface area contributed by atoms with Crippen LogP contribution in [0.5, 0.6) is 5.75 Å². The Morgan fingerprint density at radius 3 is 1.71 bits per heavy atom. The van der Waals surface area contributed by atoms with Crippen LogP contribution in [0, 0.1) is 29.1 Å². The Morgan fingerprint density at radius 1 is 0.952 bits per heavy atom. The number of hydrogen-bond acceptors (Lipinski definition) is 3. The minimum atomic E-state index is -2.31. The molecule has 0 aromatic heterocycles. The average Bonchev–Trinajstić information content (AvgIpc) is 2.37. The molecule has 0 aliphatic rings. The molecule has 21 heavy (non-hydrogen) atoms. The summed E-state index contributed by atoms with van der Waals surface area (Å²) in [5.41, 5.74) is -0.519. The molecule has 3 nitrogen and oxygen atoms in total. The smallest absolute Gasteiger partial charge is 0.328 e. The number of carbonyl (C=O) groups is 1. The Labute approximate surface area is 118 Å². The van der Waals surface area contributed by atoms with Crippen LogP contribution in [-0.2, 0) is 4.79 Å². The van der Waals surface area contributed by atoms with E-state index in [4.69, 9.17) is 0 Å². The van der Waals surface area contributed by atoms with Gasteiger partial charge in [-0.3, -0.25) is 5.32 Å². The SMILES string of the molecule is C[C@H](NC(C)(C)C)C(=O)Oc1c(F)c(F)c(F)c(F)c1F. The van der Waals surface area contributed by atoms with E-state index in [0.717, 1.165) is 0 Å². The maximum absolute atomic E-state index is 13.3. The largest absolute Gasteiger partial charge is 0.419 e. The minimum Gasteiger partial charge on any atom is -0.419 e. The normalized spacial score (nSPS) is 13.2. The third-order valence-corrected chi connectivity index (χ3v) is 2.38. The minimum absolute atomic E-state index is 0.519. The van der Waals surface area contributed by atoms with E-state index in [1.54, 1.807) is 20.8 Å². The molecule has 0 saturated carbocycles. The van der Waals surface area contributed by atoms with Crippen molar-refractivity contribution in [3.8, 4) is 5.75 Å². The monoisotopic (exact) mass is 311 g/mol. The van der Waals surface area contributed by atoms with Gasteiger partial charge in [0.25, 0.3) is 0 Å². The Bertz CT molecular complexity index is 540. The third kappa shape index (κ3) is 3.90. The fourth-order valence-electron chi connectivity index (χ4n) is 1.57. The van der Waals surface area contributed by atoms with E-state index < -0.39 is 52.4 Å². The molecule has 0 spiro atoms. The summed E-state index contributed by atoms with van der Waals surface area (Å²) in [5, 5.41) is 2.74. The van der Waals surface area contributed by atoms with Gasteiger partial charge >= 0.3 is 5.97 Å². The van der Waals surface area contributed by atoms with Crippen molar-refractivity contribution >= 4 is 5.97 Å². The maximum Gasteiger partial charge on any atom is 0.328 e. The molecule has 0 amide bonds. The van der Waals surface area contributed by atoms with Gasteiger partial charge in [-0.2, -0.15) is 8.78 Å². The van der Waals surface area contributed by atoms with Crippen molar-refractivity contribution in [1.29, 1.82) is 0 Å². The topological polar surface area (TPSA) is 38.3 Å². The molecule has 1 aromatic carbocycles. The molecular formula is C13H14F5NO2. The van der Waals surface area contributed by atoms with Gasteiger partial charge in [-0.15, -0.1) is 0 Å². The van der Waals surface area contributed by atoms with Crippen LogP contribution in [0.25, 0.3) is 0 Å². The zero-order valence-corrected chi connectivity index (χ0v) is 11.8. The summed E-state index contributed by atoms with van der Waals surface area (Å²) in [5.74, 6) is -13.8. The van der Waals surface area contributed by atoms with E-state index in [2.05, 4.69) is 10.1 Å². The van der Waals surface area contributed by atoms with Crippen LogP contribution in [-0.4, -0.2) is 17.6 Å². The van der Waals surface area contributed by atoms with Gasteiger partial charge in [-0.25, -0.2) is 18.0 Å². The van der Waals surface area contributed by atoms with Crippen LogP contribution in [0.2, 0.25) is 0 Å². The summed E-state index contributed by atoms with van der Waals surface area (Å²) in [7, 11) is 0. The van der Waals surface area contributed by atoms with Crippen LogP contribution < -0.4 is 10.1 Å². The van der Waals surface area contributed by atoms with Gasteiger partial charge in [-0.05, 0) is 27.7 Å². The molecule has 0 heterocycles. The molecule has 1 aromatic rings. The fraction of sp³-hybridized carbons (Fsp3) is 0.462. The fourth-order valence-corrected chi connectivity index (χ4v) is 1.57. The highest BCUT2D eigenvalue weighted by Gasteiger charge is 2.30. The lowest BCUT2D eigenvalue weighted by Gasteiger charge is -2.24. The zero-order valence-electron chi connectivity index (χ0n) is 11.8. The molecule has 0 saturated heterocycles. The lowest BCUT2D eigenvalue weighted by Crippen LogP contribution is -2.47. The van der Waals surface area contributed by atoms with Crippen molar-refractivity contribution in [2.75, 3.05) is 0 Å². The molecule has 0 aliphatic carbocycles. The summed E-state index contributed by atoms with van der Waals surface area (Å²) in [6.45, 7) is 6.49. The molecule has 0 aliphatic heterocycles. The summed E-state index contributed by atoms with van der Waals surface area (Å²) in [6.07, 6.45) is 0. The van der Waals surface area contributed by atoms with E-state index in [-0.39, 0.29) is 0 Å². The number of hydrogen-bond donors (Lipinski definition) is 1. The van der Waals surface area contributed by atoms with Crippen molar-refractivity contribution in [3.05, 3.63) is 29.1 Å². The molecule has 0 bridgehead atoms. The molecule has 0 fully saturated rings. The standard InChI is InChI=1S/C13H14F5NO2/c1-5(19-13(2,3)4)12(20)21-11-9(17)7(15)6(14)8(16)10(11)18/h5,19H,1-4H3/t5-/m0/s1. The molecule has 1 N–H and O–H groups in total. The summed E-state index contributed by atoms with van der Waals surface area (Å²) < 4.78 is 69.7. The molecule has 8 heteroatoms. The molecule has 1 rings (SSSR count). The second kappa shape index (κ2) is 5.97. The second-order valence-electron chi connectivity index (χ2n) is 5.44. The van der Waals surface area contributed by atoms with Gasteiger partial charge in [0.15, 0.2) is 0 Å². The molecule has 1 atom stereocenters. The van der Waals surface area contributed by atoms with Gasteiger partial charge in [-0.1, -0.05) is 0 Å². The summed E-state index contributed by atoms with van der Waals surface area (Å²) in [4.78, 5) is 11.6.